The van der Waals surface area contributed by atoms with Crippen molar-refractivity contribution in [1.29, 1.82) is 0 Å². The van der Waals surface area contributed by atoms with Gasteiger partial charge in [-0.1, -0.05) is 30.7 Å². The number of carboxylic acids is 1. The summed E-state index contributed by atoms with van der Waals surface area (Å²) in [4.78, 5) is 11.1. The molecule has 0 aliphatic heterocycles. The Balaban J connectivity index is 3.33. The van der Waals surface area contributed by atoms with Gasteiger partial charge in [-0.05, 0) is 30.5 Å². The molecule has 0 aliphatic rings. The molecular formula is C13H17NO2. The second-order valence-corrected chi connectivity index (χ2v) is 3.67. The number of benzene rings is 1. The van der Waals surface area contributed by atoms with Gasteiger partial charge in [-0.25, -0.2) is 4.79 Å². The Morgan fingerprint density at radius 2 is 2.12 bits per heavy atom. The van der Waals surface area contributed by atoms with E-state index in [1.165, 1.54) is 0 Å². The Morgan fingerprint density at radius 1 is 1.44 bits per heavy atom. The third kappa shape index (κ3) is 2.70. The number of rotatable bonds is 4. The Kier molecular flexibility index (Phi) is 4.26. The highest BCUT2D eigenvalue weighted by atomic mass is 16.4. The van der Waals surface area contributed by atoms with Crippen molar-refractivity contribution in [2.24, 2.45) is 5.73 Å². The molecule has 0 heterocycles. The van der Waals surface area contributed by atoms with E-state index >= 15 is 0 Å². The van der Waals surface area contributed by atoms with E-state index in [9.17, 15) is 4.79 Å². The molecule has 86 valence electrons. The summed E-state index contributed by atoms with van der Waals surface area (Å²) >= 11 is 0. The van der Waals surface area contributed by atoms with Crippen molar-refractivity contribution in [3.05, 3.63) is 41.0 Å². The van der Waals surface area contributed by atoms with Crippen LogP contribution in [0.2, 0.25) is 0 Å². The van der Waals surface area contributed by atoms with E-state index in [-0.39, 0.29) is 0 Å². The molecular weight excluding hydrogens is 202 g/mol. The summed E-state index contributed by atoms with van der Waals surface area (Å²) in [7, 11) is 0. The first-order valence-electron chi connectivity index (χ1n) is 5.33. The second kappa shape index (κ2) is 5.47. The zero-order valence-electron chi connectivity index (χ0n) is 9.66. The lowest BCUT2D eigenvalue weighted by Gasteiger charge is -2.10. The highest BCUT2D eigenvalue weighted by Crippen LogP contribution is 2.23. The SMILES string of the molecule is CC/C(=C\CN)c1cc(C)ccc1C(=O)O. The van der Waals surface area contributed by atoms with Gasteiger partial charge < -0.3 is 10.8 Å². The first-order chi connectivity index (χ1) is 7.60. The van der Waals surface area contributed by atoms with E-state index < -0.39 is 5.97 Å². The van der Waals surface area contributed by atoms with Crippen LogP contribution in [0.15, 0.2) is 24.3 Å². The molecule has 3 N–H and O–H groups in total. The summed E-state index contributed by atoms with van der Waals surface area (Å²) in [6.45, 7) is 4.37. The number of allylic oxidation sites excluding steroid dienone is 1. The van der Waals surface area contributed by atoms with E-state index in [1.807, 2.05) is 32.1 Å². The molecule has 0 radical (unpaired) electrons. The highest BCUT2D eigenvalue weighted by Gasteiger charge is 2.12. The van der Waals surface area contributed by atoms with Gasteiger partial charge in [0.05, 0.1) is 5.56 Å². The van der Waals surface area contributed by atoms with Gasteiger partial charge in [-0.3, -0.25) is 0 Å². The molecule has 0 aliphatic carbocycles. The third-order valence-electron chi connectivity index (χ3n) is 2.50. The fraction of sp³-hybridized carbons (Fsp3) is 0.308. The molecule has 0 saturated carbocycles. The Labute approximate surface area is 95.6 Å². The van der Waals surface area contributed by atoms with Gasteiger partial charge in [0.2, 0.25) is 0 Å². The maximum atomic E-state index is 11.1. The maximum absolute atomic E-state index is 11.1. The third-order valence-corrected chi connectivity index (χ3v) is 2.50. The lowest BCUT2D eigenvalue weighted by molar-refractivity contribution is 0.0696. The van der Waals surface area contributed by atoms with Crippen molar-refractivity contribution in [1.82, 2.24) is 0 Å². The van der Waals surface area contributed by atoms with E-state index in [4.69, 9.17) is 10.8 Å². The lowest BCUT2D eigenvalue weighted by Crippen LogP contribution is -2.04. The topological polar surface area (TPSA) is 63.3 Å². The van der Waals surface area contributed by atoms with Gasteiger partial charge in [-0.2, -0.15) is 0 Å². The van der Waals surface area contributed by atoms with Gasteiger partial charge in [0.15, 0.2) is 0 Å². The van der Waals surface area contributed by atoms with Crippen molar-refractivity contribution < 1.29 is 9.90 Å². The summed E-state index contributed by atoms with van der Waals surface area (Å²) in [6.07, 6.45) is 2.65. The number of aromatic carboxylic acids is 1. The first-order valence-corrected chi connectivity index (χ1v) is 5.33. The molecule has 0 spiro atoms. The quantitative estimate of drug-likeness (QED) is 0.817. The summed E-state index contributed by atoms with van der Waals surface area (Å²) in [5.41, 5.74) is 8.64. The molecule has 0 atom stereocenters. The minimum Gasteiger partial charge on any atom is -0.478 e. The summed E-state index contributed by atoms with van der Waals surface area (Å²) in [6, 6.07) is 5.35. The highest BCUT2D eigenvalue weighted by molar-refractivity contribution is 5.94. The molecule has 0 unspecified atom stereocenters. The van der Waals surface area contributed by atoms with Gasteiger partial charge >= 0.3 is 5.97 Å². The molecule has 0 amide bonds. The van der Waals surface area contributed by atoms with Crippen LogP contribution in [0.1, 0.15) is 34.8 Å². The van der Waals surface area contributed by atoms with Gasteiger partial charge in [0.25, 0.3) is 0 Å². The molecule has 0 saturated heterocycles. The van der Waals surface area contributed by atoms with E-state index in [0.717, 1.165) is 23.1 Å². The Bertz CT molecular complexity index is 422. The maximum Gasteiger partial charge on any atom is 0.336 e. The monoisotopic (exact) mass is 219 g/mol. The van der Waals surface area contributed by atoms with Crippen LogP contribution in [0.3, 0.4) is 0 Å². The summed E-state index contributed by atoms with van der Waals surface area (Å²) in [5, 5.41) is 9.11. The summed E-state index contributed by atoms with van der Waals surface area (Å²) in [5.74, 6) is -0.897. The number of carbonyl (C=O) groups is 1. The number of aryl methyl sites for hydroxylation is 1. The number of nitrogens with two attached hydrogens (primary N) is 1. The summed E-state index contributed by atoms with van der Waals surface area (Å²) < 4.78 is 0. The molecule has 3 nitrogen and oxygen atoms in total. The number of hydrogen-bond donors (Lipinski definition) is 2. The zero-order valence-corrected chi connectivity index (χ0v) is 9.66. The van der Waals surface area contributed by atoms with Crippen LogP contribution in [-0.2, 0) is 0 Å². The van der Waals surface area contributed by atoms with Crippen molar-refractivity contribution in [2.75, 3.05) is 6.54 Å². The Hall–Kier alpha value is -1.61. The fourth-order valence-electron chi connectivity index (χ4n) is 1.70. The molecule has 0 aromatic heterocycles. The predicted molar refractivity (Wildman–Crippen MR) is 65.5 cm³/mol. The van der Waals surface area contributed by atoms with Crippen LogP contribution in [-0.4, -0.2) is 17.6 Å². The van der Waals surface area contributed by atoms with E-state index in [2.05, 4.69) is 0 Å². The second-order valence-electron chi connectivity index (χ2n) is 3.67. The zero-order chi connectivity index (χ0) is 12.1. The molecule has 1 aromatic rings. The largest absolute Gasteiger partial charge is 0.478 e. The van der Waals surface area contributed by atoms with Gasteiger partial charge in [0.1, 0.15) is 0 Å². The van der Waals surface area contributed by atoms with Crippen molar-refractivity contribution >= 4 is 11.5 Å². The van der Waals surface area contributed by atoms with Crippen LogP contribution >= 0.6 is 0 Å². The van der Waals surface area contributed by atoms with Crippen LogP contribution in [0.4, 0.5) is 0 Å². The van der Waals surface area contributed by atoms with Crippen molar-refractivity contribution in [3.63, 3.8) is 0 Å². The standard InChI is InChI=1S/C13H17NO2/c1-3-10(6-7-14)12-8-9(2)4-5-11(12)13(15)16/h4-6,8H,3,7,14H2,1-2H3,(H,15,16)/b10-6+. The molecule has 1 rings (SSSR count). The van der Waals surface area contributed by atoms with Crippen molar-refractivity contribution in [2.45, 2.75) is 20.3 Å². The number of carboxylic acid groups (broad SMARTS) is 1. The van der Waals surface area contributed by atoms with E-state index in [1.54, 1.807) is 6.07 Å². The average molecular weight is 219 g/mol. The van der Waals surface area contributed by atoms with Gasteiger partial charge in [0, 0.05) is 6.54 Å². The molecule has 0 fully saturated rings. The lowest BCUT2D eigenvalue weighted by atomic mass is 9.95. The van der Waals surface area contributed by atoms with Crippen molar-refractivity contribution in [3.8, 4) is 0 Å². The van der Waals surface area contributed by atoms with Crippen LogP contribution in [0, 0.1) is 6.92 Å². The smallest absolute Gasteiger partial charge is 0.336 e. The average Bonchev–Trinajstić information content (AvgIpc) is 2.25. The van der Waals surface area contributed by atoms with Crippen LogP contribution < -0.4 is 5.73 Å². The fourth-order valence-corrected chi connectivity index (χ4v) is 1.70. The molecule has 0 bridgehead atoms. The minimum atomic E-state index is -0.897. The molecule has 16 heavy (non-hydrogen) atoms. The first kappa shape index (κ1) is 12.5. The minimum absolute atomic E-state index is 0.340. The van der Waals surface area contributed by atoms with Gasteiger partial charge in [-0.15, -0.1) is 0 Å². The molecule has 3 heteroatoms. The number of hydrogen-bond acceptors (Lipinski definition) is 2. The Morgan fingerprint density at radius 3 is 2.62 bits per heavy atom. The van der Waals surface area contributed by atoms with E-state index in [0.29, 0.717) is 12.1 Å². The molecule has 1 aromatic carbocycles. The van der Waals surface area contributed by atoms with Crippen LogP contribution in [0.25, 0.3) is 5.57 Å². The predicted octanol–water partition coefficient (Wildman–Crippen LogP) is 2.45. The van der Waals surface area contributed by atoms with Crippen LogP contribution in [0.5, 0.6) is 0 Å². The normalized spacial score (nSPS) is 11.6.